The van der Waals surface area contributed by atoms with E-state index in [2.05, 4.69) is 0 Å². The molecule has 0 bridgehead atoms. The van der Waals surface area contributed by atoms with Crippen LogP contribution in [0.4, 0.5) is 0 Å². The minimum Gasteiger partial charge on any atom is -0.480 e. The molecule has 1 atom stereocenters. The zero-order chi connectivity index (χ0) is 10.2. The lowest BCUT2D eigenvalue weighted by molar-refractivity contribution is -0.139. The van der Waals surface area contributed by atoms with E-state index in [0.717, 1.165) is 6.26 Å². The van der Waals surface area contributed by atoms with Gasteiger partial charge in [-0.25, -0.2) is 8.42 Å². The van der Waals surface area contributed by atoms with Gasteiger partial charge in [-0.05, 0) is 13.8 Å². The average Bonchev–Trinajstić information content (AvgIpc) is 1.83. The maximum atomic E-state index is 11.1. The van der Waals surface area contributed by atoms with E-state index in [4.69, 9.17) is 10.8 Å². The van der Waals surface area contributed by atoms with Gasteiger partial charge in [0.25, 0.3) is 0 Å². The summed E-state index contributed by atoms with van der Waals surface area (Å²) in [7, 11) is -3.45. The van der Waals surface area contributed by atoms with Crippen LogP contribution >= 0.6 is 0 Å². The molecule has 5 nitrogen and oxygen atoms in total. The summed E-state index contributed by atoms with van der Waals surface area (Å²) < 4.78 is 20.7. The number of rotatable bonds is 3. The average molecular weight is 195 g/mol. The van der Waals surface area contributed by atoms with Crippen LogP contribution in [0.5, 0.6) is 0 Å². The maximum Gasteiger partial charge on any atom is 0.322 e. The lowest BCUT2D eigenvalue weighted by atomic mass is 10.1. The number of aliphatic carboxylic acids is 1. The van der Waals surface area contributed by atoms with Crippen molar-refractivity contribution in [1.29, 1.82) is 0 Å². The van der Waals surface area contributed by atoms with Crippen molar-refractivity contribution in [3.05, 3.63) is 0 Å². The van der Waals surface area contributed by atoms with E-state index >= 15 is 0 Å². The van der Waals surface area contributed by atoms with E-state index in [1.807, 2.05) is 0 Å². The van der Waals surface area contributed by atoms with Crippen LogP contribution < -0.4 is 5.73 Å². The summed E-state index contributed by atoms with van der Waals surface area (Å²) in [5, 5.41) is 8.49. The number of carboxylic acids is 1. The lowest BCUT2D eigenvalue weighted by Gasteiger charge is -2.26. The molecule has 72 valence electrons. The largest absolute Gasteiger partial charge is 0.480 e. The Labute approximate surface area is 71.5 Å². The first-order valence-corrected chi connectivity index (χ1v) is 5.18. The standard InChI is InChI=1S/C6H13NO4S/c1-6(2,12(3,10)11)4(7)5(8)9/h4H,7H2,1-3H3,(H,8,9). The number of hydrogen-bond acceptors (Lipinski definition) is 4. The molecule has 0 aromatic carbocycles. The molecule has 1 unspecified atom stereocenters. The summed E-state index contributed by atoms with van der Waals surface area (Å²) in [6.45, 7) is 2.59. The van der Waals surface area contributed by atoms with Crippen LogP contribution in [-0.2, 0) is 14.6 Å². The Morgan fingerprint density at radius 3 is 1.92 bits per heavy atom. The second kappa shape index (κ2) is 3.02. The van der Waals surface area contributed by atoms with Crippen molar-refractivity contribution in [3.8, 4) is 0 Å². The van der Waals surface area contributed by atoms with Gasteiger partial charge in [-0.3, -0.25) is 4.79 Å². The number of hydrogen-bond donors (Lipinski definition) is 2. The van der Waals surface area contributed by atoms with E-state index in [-0.39, 0.29) is 0 Å². The SMILES string of the molecule is CC(C)(C(N)C(=O)O)S(C)(=O)=O. The highest BCUT2D eigenvalue weighted by molar-refractivity contribution is 7.92. The normalized spacial score (nSPS) is 15.7. The molecule has 0 aromatic heterocycles. The minimum absolute atomic E-state index is 0.968. The molecule has 0 spiro atoms. The van der Waals surface area contributed by atoms with Gasteiger partial charge in [0.15, 0.2) is 9.84 Å². The van der Waals surface area contributed by atoms with Gasteiger partial charge in [-0.2, -0.15) is 0 Å². The highest BCUT2D eigenvalue weighted by Gasteiger charge is 2.40. The first-order valence-electron chi connectivity index (χ1n) is 3.28. The Morgan fingerprint density at radius 2 is 1.83 bits per heavy atom. The first kappa shape index (κ1) is 11.4. The number of sulfone groups is 1. The quantitative estimate of drug-likeness (QED) is 0.615. The second-order valence-electron chi connectivity index (χ2n) is 3.19. The maximum absolute atomic E-state index is 11.1. The van der Waals surface area contributed by atoms with Crippen molar-refractivity contribution in [1.82, 2.24) is 0 Å². The van der Waals surface area contributed by atoms with E-state index in [1.165, 1.54) is 13.8 Å². The Morgan fingerprint density at radius 1 is 1.50 bits per heavy atom. The van der Waals surface area contributed by atoms with Gasteiger partial charge in [0.2, 0.25) is 0 Å². The molecule has 6 heteroatoms. The predicted octanol–water partition coefficient (Wildman–Crippen LogP) is -0.778. The molecule has 0 aliphatic rings. The van der Waals surface area contributed by atoms with Crippen LogP contribution in [0.2, 0.25) is 0 Å². The van der Waals surface area contributed by atoms with Gasteiger partial charge in [-0.15, -0.1) is 0 Å². The van der Waals surface area contributed by atoms with E-state index < -0.39 is 26.6 Å². The van der Waals surface area contributed by atoms with Crippen LogP contribution in [0.25, 0.3) is 0 Å². The highest BCUT2D eigenvalue weighted by atomic mass is 32.2. The Bertz CT molecular complexity index is 280. The molecule has 0 aliphatic carbocycles. The van der Waals surface area contributed by atoms with Crippen LogP contribution in [0.1, 0.15) is 13.8 Å². The number of carbonyl (C=O) groups is 1. The predicted molar refractivity (Wildman–Crippen MR) is 44.5 cm³/mol. The zero-order valence-corrected chi connectivity index (χ0v) is 8.05. The van der Waals surface area contributed by atoms with Crippen molar-refractivity contribution < 1.29 is 18.3 Å². The van der Waals surface area contributed by atoms with Crippen molar-refractivity contribution in [2.45, 2.75) is 24.6 Å². The van der Waals surface area contributed by atoms with E-state index in [9.17, 15) is 13.2 Å². The van der Waals surface area contributed by atoms with Crippen molar-refractivity contribution in [2.75, 3.05) is 6.26 Å². The Hall–Kier alpha value is -0.620. The molecule has 0 saturated carbocycles. The minimum atomic E-state index is -3.45. The molecular weight excluding hydrogens is 182 g/mol. The van der Waals surface area contributed by atoms with Crippen LogP contribution in [0, 0.1) is 0 Å². The molecule has 3 N–H and O–H groups in total. The van der Waals surface area contributed by atoms with Crippen molar-refractivity contribution >= 4 is 15.8 Å². The fourth-order valence-electron chi connectivity index (χ4n) is 0.528. The van der Waals surface area contributed by atoms with Gasteiger partial charge in [-0.1, -0.05) is 0 Å². The first-order chi connectivity index (χ1) is 5.10. The molecule has 0 heterocycles. The Balaban J connectivity index is 5.00. The van der Waals surface area contributed by atoms with Gasteiger partial charge in [0.05, 0.1) is 4.75 Å². The number of nitrogens with two attached hydrogens (primary N) is 1. The van der Waals surface area contributed by atoms with Crippen molar-refractivity contribution in [3.63, 3.8) is 0 Å². The summed E-state index contributed by atoms with van der Waals surface area (Å²) in [4.78, 5) is 10.4. The topological polar surface area (TPSA) is 97.5 Å². The fourth-order valence-corrected chi connectivity index (χ4v) is 1.09. The van der Waals surface area contributed by atoms with E-state index in [1.54, 1.807) is 0 Å². The van der Waals surface area contributed by atoms with Gasteiger partial charge in [0, 0.05) is 6.26 Å². The van der Waals surface area contributed by atoms with Gasteiger partial charge >= 0.3 is 5.97 Å². The Kier molecular flexibility index (Phi) is 2.87. The lowest BCUT2D eigenvalue weighted by Crippen LogP contribution is -2.53. The molecule has 0 fully saturated rings. The zero-order valence-electron chi connectivity index (χ0n) is 7.23. The summed E-state index contributed by atoms with van der Waals surface area (Å²) in [5.41, 5.74) is 5.20. The summed E-state index contributed by atoms with van der Waals surface area (Å²) in [5.74, 6) is -1.31. The van der Waals surface area contributed by atoms with Crippen molar-refractivity contribution in [2.24, 2.45) is 5.73 Å². The molecule has 0 radical (unpaired) electrons. The second-order valence-corrected chi connectivity index (χ2v) is 5.79. The number of carboxylic acid groups (broad SMARTS) is 1. The monoisotopic (exact) mass is 195 g/mol. The highest BCUT2D eigenvalue weighted by Crippen LogP contribution is 2.18. The third-order valence-electron chi connectivity index (χ3n) is 1.97. The molecule has 0 saturated heterocycles. The third-order valence-corrected chi connectivity index (χ3v) is 4.14. The summed E-state index contributed by atoms with van der Waals surface area (Å²) >= 11 is 0. The van der Waals surface area contributed by atoms with Crippen LogP contribution in [0.3, 0.4) is 0 Å². The molecule has 0 amide bonds. The van der Waals surface area contributed by atoms with Crippen LogP contribution in [-0.4, -0.2) is 36.5 Å². The molecular formula is C6H13NO4S. The van der Waals surface area contributed by atoms with Gasteiger partial charge < -0.3 is 10.8 Å². The third kappa shape index (κ3) is 1.95. The van der Waals surface area contributed by atoms with Gasteiger partial charge in [0.1, 0.15) is 6.04 Å². The molecule has 12 heavy (non-hydrogen) atoms. The summed E-state index contributed by atoms with van der Waals surface area (Å²) in [6.07, 6.45) is 0.968. The fraction of sp³-hybridized carbons (Fsp3) is 0.833. The van der Waals surface area contributed by atoms with E-state index in [0.29, 0.717) is 0 Å². The van der Waals surface area contributed by atoms with Crippen LogP contribution in [0.15, 0.2) is 0 Å². The molecule has 0 rings (SSSR count). The summed E-state index contributed by atoms with van der Waals surface area (Å²) in [6, 6.07) is -1.40. The molecule has 0 aromatic rings. The molecule has 0 aliphatic heterocycles. The smallest absolute Gasteiger partial charge is 0.322 e.